The van der Waals surface area contributed by atoms with Crippen molar-refractivity contribution < 1.29 is 41.4 Å². The van der Waals surface area contributed by atoms with Gasteiger partial charge in [-0.25, -0.2) is 4.98 Å². The Morgan fingerprint density at radius 1 is 1.05 bits per heavy atom. The average molecular weight is 574 g/mol. The Kier molecular flexibility index (Phi) is 8.48. The Bertz CT molecular complexity index is 1370. The molecule has 2 aromatic carbocycles. The van der Waals surface area contributed by atoms with Crippen LogP contribution in [-0.2, 0) is 35.3 Å². The Morgan fingerprint density at radius 2 is 1.78 bits per heavy atom. The van der Waals surface area contributed by atoms with E-state index in [1.807, 2.05) is 17.0 Å². The summed E-state index contributed by atoms with van der Waals surface area (Å²) in [4.78, 5) is 33.3. The molecule has 0 aliphatic carbocycles. The van der Waals surface area contributed by atoms with Gasteiger partial charge in [0.05, 0.1) is 24.6 Å². The zero-order valence-corrected chi connectivity index (χ0v) is 22.5. The molecule has 1 saturated heterocycles. The predicted molar refractivity (Wildman–Crippen MR) is 139 cm³/mol. The monoisotopic (exact) mass is 573 g/mol. The van der Waals surface area contributed by atoms with Crippen molar-refractivity contribution in [1.82, 2.24) is 14.8 Å². The molecule has 2 aliphatic heterocycles. The van der Waals surface area contributed by atoms with E-state index in [4.69, 9.17) is 18.6 Å². The van der Waals surface area contributed by atoms with Gasteiger partial charge < -0.3 is 23.5 Å². The van der Waals surface area contributed by atoms with Crippen LogP contribution in [0.25, 0.3) is 0 Å². The summed E-state index contributed by atoms with van der Waals surface area (Å²) in [5, 5.41) is 0. The molecule has 3 heterocycles. The number of oxazole rings is 1. The van der Waals surface area contributed by atoms with Crippen molar-refractivity contribution in [2.75, 3.05) is 26.5 Å². The first-order chi connectivity index (χ1) is 19.7. The fourth-order valence-electron chi connectivity index (χ4n) is 4.97. The second-order valence-electron chi connectivity index (χ2n) is 10.00. The smallest absolute Gasteiger partial charge is 0.416 e. The van der Waals surface area contributed by atoms with Gasteiger partial charge in [0.15, 0.2) is 17.2 Å². The lowest BCUT2D eigenvalue weighted by Crippen LogP contribution is -2.43. The quantitative estimate of drug-likeness (QED) is 0.329. The number of esters is 1. The second kappa shape index (κ2) is 12.2. The van der Waals surface area contributed by atoms with Gasteiger partial charge in [0.25, 0.3) is 5.91 Å². The third-order valence-corrected chi connectivity index (χ3v) is 6.99. The van der Waals surface area contributed by atoms with Crippen molar-refractivity contribution in [2.24, 2.45) is 5.92 Å². The van der Waals surface area contributed by atoms with Crippen LogP contribution in [0.4, 0.5) is 13.2 Å². The third kappa shape index (κ3) is 6.99. The molecule has 12 heteroatoms. The van der Waals surface area contributed by atoms with Gasteiger partial charge in [-0.2, -0.15) is 13.2 Å². The minimum Gasteiger partial charge on any atom is -0.466 e. The number of fused-ring (bicyclic) bond motifs is 1. The van der Waals surface area contributed by atoms with Crippen LogP contribution in [0.1, 0.15) is 52.8 Å². The number of likely N-dealkylation sites (tertiary alicyclic amines) is 1. The zero-order valence-electron chi connectivity index (χ0n) is 22.5. The molecule has 0 unspecified atom stereocenters. The van der Waals surface area contributed by atoms with Gasteiger partial charge in [0, 0.05) is 26.2 Å². The maximum absolute atomic E-state index is 13.1. The molecule has 41 heavy (non-hydrogen) atoms. The van der Waals surface area contributed by atoms with Gasteiger partial charge in [-0.15, -0.1) is 0 Å². The number of halogens is 3. The molecular weight excluding hydrogens is 543 g/mol. The van der Waals surface area contributed by atoms with E-state index >= 15 is 0 Å². The summed E-state index contributed by atoms with van der Waals surface area (Å²) < 4.78 is 60.8. The summed E-state index contributed by atoms with van der Waals surface area (Å²) in [7, 11) is 0. The molecule has 5 rings (SSSR count). The minimum absolute atomic E-state index is 0.127. The van der Waals surface area contributed by atoms with E-state index in [1.165, 1.54) is 18.4 Å². The Morgan fingerprint density at radius 3 is 2.54 bits per heavy atom. The van der Waals surface area contributed by atoms with E-state index in [0.29, 0.717) is 49.5 Å². The summed E-state index contributed by atoms with van der Waals surface area (Å²) in [5.41, 5.74) is 0.965. The predicted octanol–water partition coefficient (Wildman–Crippen LogP) is 5.04. The van der Waals surface area contributed by atoms with Gasteiger partial charge in [0.1, 0.15) is 6.26 Å². The molecule has 0 saturated carbocycles. The highest BCUT2D eigenvalue weighted by molar-refractivity contribution is 5.92. The topological polar surface area (TPSA) is 94.3 Å². The molecule has 9 nitrogen and oxygen atoms in total. The lowest BCUT2D eigenvalue weighted by molar-refractivity contribution is -0.149. The van der Waals surface area contributed by atoms with E-state index in [1.54, 1.807) is 17.9 Å². The highest BCUT2D eigenvalue weighted by Gasteiger charge is 2.32. The summed E-state index contributed by atoms with van der Waals surface area (Å²) in [6.07, 6.45) is -1.79. The summed E-state index contributed by atoms with van der Waals surface area (Å²) in [5.74, 6) is 0.512. The summed E-state index contributed by atoms with van der Waals surface area (Å²) in [6.45, 7) is 3.80. The van der Waals surface area contributed by atoms with Gasteiger partial charge >= 0.3 is 12.1 Å². The Labute approximate surface area is 234 Å². The molecule has 0 N–H and O–H groups in total. The standard InChI is InChI=1S/C29H30F3N3O6/c1-2-38-28(37)21-4-3-11-35(15-21)27(36)23-17-39-26(33-23)16-34(13-19-5-8-22(9-6-19)29(30,31)32)14-20-7-10-24-25(12-20)41-18-40-24/h5-10,12,17,21H,2-4,11,13-16,18H2,1H3/t21-/m1/s1. The number of amides is 1. The number of hydrogen-bond donors (Lipinski definition) is 0. The van der Waals surface area contributed by atoms with Crippen molar-refractivity contribution in [3.05, 3.63) is 77.0 Å². The van der Waals surface area contributed by atoms with Crippen LogP contribution in [0, 0.1) is 5.92 Å². The lowest BCUT2D eigenvalue weighted by atomic mass is 9.98. The van der Waals surface area contributed by atoms with Crippen molar-refractivity contribution >= 4 is 11.9 Å². The number of carbonyl (C=O) groups excluding carboxylic acids is 2. The molecule has 0 radical (unpaired) electrons. The van der Waals surface area contributed by atoms with E-state index in [0.717, 1.165) is 17.7 Å². The van der Waals surface area contributed by atoms with Gasteiger partial charge in [-0.1, -0.05) is 18.2 Å². The van der Waals surface area contributed by atoms with E-state index in [2.05, 4.69) is 4.98 Å². The van der Waals surface area contributed by atoms with Crippen molar-refractivity contribution in [2.45, 2.75) is 45.6 Å². The van der Waals surface area contributed by atoms with Crippen LogP contribution >= 0.6 is 0 Å². The lowest BCUT2D eigenvalue weighted by Gasteiger charge is -2.30. The number of hydrogen-bond acceptors (Lipinski definition) is 8. The van der Waals surface area contributed by atoms with Gasteiger partial charge in [-0.3, -0.25) is 14.5 Å². The maximum atomic E-state index is 13.1. The van der Waals surface area contributed by atoms with Crippen LogP contribution < -0.4 is 9.47 Å². The molecule has 0 spiro atoms. The Hall–Kier alpha value is -4.06. The minimum atomic E-state index is -4.42. The molecule has 3 aromatic rings. The van der Waals surface area contributed by atoms with Crippen molar-refractivity contribution in [1.29, 1.82) is 0 Å². The van der Waals surface area contributed by atoms with E-state index in [9.17, 15) is 22.8 Å². The number of rotatable bonds is 9. The number of alkyl halides is 3. The normalized spacial score (nSPS) is 16.7. The molecule has 0 bridgehead atoms. The fraction of sp³-hybridized carbons (Fsp3) is 0.414. The number of benzene rings is 2. The third-order valence-electron chi connectivity index (χ3n) is 6.99. The van der Waals surface area contributed by atoms with Crippen LogP contribution in [0.2, 0.25) is 0 Å². The molecule has 1 amide bonds. The molecule has 1 aromatic heterocycles. The van der Waals surface area contributed by atoms with Gasteiger partial charge in [-0.05, 0) is 55.2 Å². The number of aromatic nitrogens is 1. The van der Waals surface area contributed by atoms with Gasteiger partial charge in [0.2, 0.25) is 12.7 Å². The molecule has 1 atom stereocenters. The number of piperidine rings is 1. The fourth-order valence-corrected chi connectivity index (χ4v) is 4.97. The first-order valence-electron chi connectivity index (χ1n) is 13.4. The van der Waals surface area contributed by atoms with E-state index in [-0.39, 0.29) is 55.9 Å². The average Bonchev–Trinajstić information content (AvgIpc) is 3.62. The Balaban J connectivity index is 1.30. The summed E-state index contributed by atoms with van der Waals surface area (Å²) >= 11 is 0. The zero-order chi connectivity index (χ0) is 29.0. The van der Waals surface area contributed by atoms with Crippen LogP contribution in [0.5, 0.6) is 11.5 Å². The maximum Gasteiger partial charge on any atom is 0.416 e. The van der Waals surface area contributed by atoms with Crippen molar-refractivity contribution in [3.8, 4) is 11.5 Å². The van der Waals surface area contributed by atoms with Crippen LogP contribution in [-0.4, -0.2) is 53.1 Å². The SMILES string of the molecule is CCOC(=O)[C@@H]1CCCN(C(=O)c2coc(CN(Cc3ccc(C(F)(F)F)cc3)Cc3ccc4c(c3)OCO4)n2)C1. The van der Waals surface area contributed by atoms with Crippen molar-refractivity contribution in [3.63, 3.8) is 0 Å². The first-order valence-corrected chi connectivity index (χ1v) is 13.4. The largest absolute Gasteiger partial charge is 0.466 e. The highest BCUT2D eigenvalue weighted by Crippen LogP contribution is 2.33. The molecule has 1 fully saturated rings. The molecule has 2 aliphatic rings. The molecule has 218 valence electrons. The first kappa shape index (κ1) is 28.5. The van der Waals surface area contributed by atoms with Crippen LogP contribution in [0.15, 0.2) is 53.1 Å². The number of carbonyl (C=O) groups is 2. The summed E-state index contributed by atoms with van der Waals surface area (Å²) in [6, 6.07) is 10.5. The molecular formula is C29H30F3N3O6. The van der Waals surface area contributed by atoms with E-state index < -0.39 is 11.7 Å². The van der Waals surface area contributed by atoms with Crippen LogP contribution in [0.3, 0.4) is 0 Å². The second-order valence-corrected chi connectivity index (χ2v) is 10.00. The number of nitrogens with zero attached hydrogens (tertiary/aromatic N) is 3. The number of ether oxygens (including phenoxy) is 3. The highest BCUT2D eigenvalue weighted by atomic mass is 19.4.